The Morgan fingerprint density at radius 1 is 1.09 bits per heavy atom. The van der Waals surface area contributed by atoms with Crippen LogP contribution < -0.4 is 4.31 Å². The molecule has 8 heteroatoms. The average molecular weight is 448 g/mol. The predicted octanol–water partition coefficient (Wildman–Crippen LogP) is 3.83. The topological polar surface area (TPSA) is 81.0 Å². The maximum Gasteiger partial charge on any atom is 0.338 e. The molecule has 0 fully saturated rings. The van der Waals surface area contributed by atoms with Crippen LogP contribution >= 0.6 is 0 Å². The zero-order valence-electron chi connectivity index (χ0n) is 17.4. The number of para-hydroxylation sites is 1. The first kappa shape index (κ1) is 20.3. The minimum absolute atomic E-state index is 0.00593. The van der Waals surface area contributed by atoms with Crippen molar-refractivity contribution in [2.24, 2.45) is 0 Å². The van der Waals surface area contributed by atoms with Gasteiger partial charge in [-0.2, -0.15) is 0 Å². The van der Waals surface area contributed by atoms with Crippen LogP contribution in [0.25, 0.3) is 5.65 Å². The van der Waals surface area contributed by atoms with Gasteiger partial charge in [-0.05, 0) is 55.3 Å². The second-order valence-corrected chi connectivity index (χ2v) is 9.60. The van der Waals surface area contributed by atoms with Gasteiger partial charge in [0.2, 0.25) is 0 Å². The van der Waals surface area contributed by atoms with Crippen molar-refractivity contribution in [1.82, 2.24) is 9.38 Å². The Morgan fingerprint density at radius 3 is 2.75 bits per heavy atom. The molecular weight excluding hydrogens is 426 g/mol. The second-order valence-electron chi connectivity index (χ2n) is 7.79. The van der Waals surface area contributed by atoms with Gasteiger partial charge < -0.3 is 9.14 Å². The monoisotopic (exact) mass is 447 g/mol. The summed E-state index contributed by atoms with van der Waals surface area (Å²) in [6, 6.07) is 18.9. The number of anilines is 1. The molecular formula is C24H21N3O4S. The first-order valence-electron chi connectivity index (χ1n) is 10.3. The number of pyridine rings is 1. The molecule has 1 unspecified atom stereocenters. The molecule has 0 N–H and O–H groups in total. The summed E-state index contributed by atoms with van der Waals surface area (Å²) < 4.78 is 35.5. The van der Waals surface area contributed by atoms with Crippen molar-refractivity contribution >= 4 is 27.3 Å². The number of carbonyl (C=O) groups is 1. The van der Waals surface area contributed by atoms with E-state index in [0.717, 1.165) is 11.2 Å². The molecule has 162 valence electrons. The van der Waals surface area contributed by atoms with E-state index in [-0.39, 0.29) is 23.1 Å². The van der Waals surface area contributed by atoms with E-state index in [1.165, 1.54) is 16.4 Å². The van der Waals surface area contributed by atoms with Crippen molar-refractivity contribution in [3.8, 4) is 0 Å². The van der Waals surface area contributed by atoms with Crippen LogP contribution in [-0.4, -0.2) is 29.8 Å². The second kappa shape index (κ2) is 7.80. The number of nitrogens with zero attached hydrogens (tertiary/aromatic N) is 3. The third-order valence-electron chi connectivity index (χ3n) is 5.54. The Hall–Kier alpha value is -3.65. The zero-order chi connectivity index (χ0) is 22.3. The number of ether oxygens (including phenoxy) is 1. The summed E-state index contributed by atoms with van der Waals surface area (Å²) in [5.41, 5.74) is 3.21. The van der Waals surface area contributed by atoms with Crippen LogP contribution in [0, 0.1) is 0 Å². The molecule has 0 radical (unpaired) electrons. The lowest BCUT2D eigenvalue weighted by Gasteiger charge is -2.24. The van der Waals surface area contributed by atoms with E-state index in [0.29, 0.717) is 17.8 Å². The number of sulfonamides is 1. The van der Waals surface area contributed by atoms with Crippen molar-refractivity contribution in [3.63, 3.8) is 0 Å². The molecule has 0 amide bonds. The van der Waals surface area contributed by atoms with Crippen molar-refractivity contribution in [2.45, 2.75) is 30.9 Å². The molecule has 1 aliphatic heterocycles. The summed E-state index contributed by atoms with van der Waals surface area (Å²) >= 11 is 0. The first-order valence-corrected chi connectivity index (χ1v) is 11.7. The molecule has 32 heavy (non-hydrogen) atoms. The smallest absolute Gasteiger partial charge is 0.338 e. The molecule has 2 aromatic carbocycles. The van der Waals surface area contributed by atoms with Crippen LogP contribution in [0.3, 0.4) is 0 Å². The van der Waals surface area contributed by atoms with Gasteiger partial charge in [0.05, 0.1) is 21.8 Å². The predicted molar refractivity (Wildman–Crippen MR) is 120 cm³/mol. The van der Waals surface area contributed by atoms with E-state index in [4.69, 9.17) is 4.74 Å². The van der Waals surface area contributed by atoms with Crippen LogP contribution in [0.5, 0.6) is 0 Å². The number of carbonyl (C=O) groups excluding carboxylic acids is 1. The normalized spacial score (nSPS) is 15.7. The fourth-order valence-corrected chi connectivity index (χ4v) is 5.82. The summed E-state index contributed by atoms with van der Waals surface area (Å²) in [6.07, 6.45) is 4.30. The Labute approximate surface area is 185 Å². The number of imidazole rings is 1. The summed E-state index contributed by atoms with van der Waals surface area (Å²) in [7, 11) is -3.83. The molecule has 7 nitrogen and oxygen atoms in total. The van der Waals surface area contributed by atoms with Crippen molar-refractivity contribution in [2.75, 3.05) is 4.31 Å². The number of aromatic nitrogens is 2. The lowest BCUT2D eigenvalue weighted by Crippen LogP contribution is -2.35. The number of rotatable bonds is 5. The highest BCUT2D eigenvalue weighted by Crippen LogP contribution is 2.36. The zero-order valence-corrected chi connectivity index (χ0v) is 18.2. The number of hydrogen-bond acceptors (Lipinski definition) is 5. The van der Waals surface area contributed by atoms with Crippen molar-refractivity contribution in [3.05, 3.63) is 95.9 Å². The van der Waals surface area contributed by atoms with Gasteiger partial charge in [-0.3, -0.25) is 4.31 Å². The molecule has 1 atom stereocenters. The average Bonchev–Trinajstić information content (AvgIpc) is 3.37. The largest absolute Gasteiger partial charge is 0.456 e. The van der Waals surface area contributed by atoms with E-state index in [1.54, 1.807) is 18.3 Å². The van der Waals surface area contributed by atoms with Crippen LogP contribution in [0.1, 0.15) is 28.5 Å². The van der Waals surface area contributed by atoms with Gasteiger partial charge in [0.25, 0.3) is 10.0 Å². The standard InChI is InChI=1S/C24H21N3O4S/c1-17-13-18-7-2-3-10-22(18)27(17)32(29,30)21-9-6-8-19(14-21)24(28)31-16-20-15-26-12-5-4-11-23(26)25-20/h2-12,14-15,17H,13,16H2,1H3. The summed E-state index contributed by atoms with van der Waals surface area (Å²) in [5.74, 6) is -0.603. The van der Waals surface area contributed by atoms with E-state index >= 15 is 0 Å². The molecule has 3 heterocycles. The summed E-state index contributed by atoms with van der Waals surface area (Å²) in [4.78, 5) is 17.1. The minimum Gasteiger partial charge on any atom is -0.456 e. The van der Waals surface area contributed by atoms with Crippen LogP contribution in [0.2, 0.25) is 0 Å². The highest BCUT2D eigenvalue weighted by Gasteiger charge is 2.36. The van der Waals surface area contributed by atoms with Gasteiger partial charge in [0, 0.05) is 18.4 Å². The van der Waals surface area contributed by atoms with Crippen molar-refractivity contribution in [1.29, 1.82) is 0 Å². The van der Waals surface area contributed by atoms with Crippen LogP contribution in [-0.2, 0) is 27.8 Å². The van der Waals surface area contributed by atoms with Gasteiger partial charge in [-0.25, -0.2) is 18.2 Å². The molecule has 2 aromatic heterocycles. The molecule has 0 spiro atoms. The fraction of sp³-hybridized carbons (Fsp3) is 0.167. The lowest BCUT2D eigenvalue weighted by molar-refractivity contribution is 0.0468. The summed E-state index contributed by atoms with van der Waals surface area (Å²) in [6.45, 7) is 1.87. The SMILES string of the molecule is CC1Cc2ccccc2N1S(=O)(=O)c1cccc(C(=O)OCc2cn3ccccc3n2)c1. The molecule has 4 aromatic rings. The maximum atomic E-state index is 13.4. The maximum absolute atomic E-state index is 13.4. The molecule has 0 aliphatic carbocycles. The first-order chi connectivity index (χ1) is 15.4. The van der Waals surface area contributed by atoms with Crippen molar-refractivity contribution < 1.29 is 17.9 Å². The molecule has 5 rings (SSSR count). The molecule has 0 saturated heterocycles. The van der Waals surface area contributed by atoms with Gasteiger partial charge >= 0.3 is 5.97 Å². The Balaban J connectivity index is 1.37. The van der Waals surface area contributed by atoms with E-state index in [2.05, 4.69) is 4.98 Å². The molecule has 0 saturated carbocycles. The molecule has 1 aliphatic rings. The van der Waals surface area contributed by atoms with Gasteiger partial charge in [0.1, 0.15) is 12.3 Å². The third-order valence-corrected chi connectivity index (χ3v) is 7.46. The van der Waals surface area contributed by atoms with Gasteiger partial charge in [0.15, 0.2) is 0 Å². The van der Waals surface area contributed by atoms with E-state index < -0.39 is 16.0 Å². The minimum atomic E-state index is -3.83. The molecule has 0 bridgehead atoms. The lowest BCUT2D eigenvalue weighted by atomic mass is 10.1. The van der Waals surface area contributed by atoms with Gasteiger partial charge in [-0.15, -0.1) is 0 Å². The highest BCUT2D eigenvalue weighted by molar-refractivity contribution is 7.92. The number of benzene rings is 2. The Bertz CT molecular complexity index is 1390. The van der Waals surface area contributed by atoms with Crippen LogP contribution in [0.4, 0.5) is 5.69 Å². The van der Waals surface area contributed by atoms with Gasteiger partial charge in [-0.1, -0.05) is 30.3 Å². The Morgan fingerprint density at radius 2 is 1.91 bits per heavy atom. The summed E-state index contributed by atoms with van der Waals surface area (Å²) in [5, 5.41) is 0. The van der Waals surface area contributed by atoms with E-state index in [9.17, 15) is 13.2 Å². The van der Waals surface area contributed by atoms with Crippen LogP contribution in [0.15, 0.2) is 84.0 Å². The quantitative estimate of drug-likeness (QED) is 0.435. The Kier molecular flexibility index (Phi) is 4.94. The number of fused-ring (bicyclic) bond motifs is 2. The highest BCUT2D eigenvalue weighted by atomic mass is 32.2. The third kappa shape index (κ3) is 3.52. The van der Waals surface area contributed by atoms with E-state index in [1.807, 2.05) is 60.0 Å². The number of hydrogen-bond donors (Lipinski definition) is 0. The number of esters is 1. The fourth-order valence-electron chi connectivity index (χ4n) is 4.08.